The molecule has 0 aliphatic carbocycles. The largest absolute Gasteiger partial charge is 0.486 e. The summed E-state index contributed by atoms with van der Waals surface area (Å²) >= 11 is 6.06. The number of benzene rings is 2. The quantitative estimate of drug-likeness (QED) is 0.805. The van der Waals surface area contributed by atoms with Crippen LogP contribution in [-0.2, 0) is 5.72 Å². The molecule has 3 heterocycles. The summed E-state index contributed by atoms with van der Waals surface area (Å²) in [6.07, 6.45) is 3.16. The second kappa shape index (κ2) is 6.43. The zero-order valence-corrected chi connectivity index (χ0v) is 15.8. The third kappa shape index (κ3) is 2.77. The second-order valence-corrected chi connectivity index (χ2v) is 7.70. The summed E-state index contributed by atoms with van der Waals surface area (Å²) in [5, 5.41) is 12.5. The van der Waals surface area contributed by atoms with Crippen molar-refractivity contribution in [3.8, 4) is 11.5 Å². The molecular weight excluding hydrogens is 364 g/mol. The summed E-state index contributed by atoms with van der Waals surface area (Å²) in [6, 6.07) is 13.6. The first kappa shape index (κ1) is 16.9. The van der Waals surface area contributed by atoms with Crippen LogP contribution in [0.4, 0.5) is 5.69 Å². The Hall–Kier alpha value is -2.24. The minimum absolute atomic E-state index is 0.476. The van der Waals surface area contributed by atoms with Gasteiger partial charge in [-0.1, -0.05) is 11.6 Å². The molecule has 0 saturated heterocycles. The molecule has 0 amide bonds. The number of aliphatic hydroxyl groups is 1. The molecule has 0 unspecified atom stereocenters. The number of ether oxygens (including phenoxy) is 2. The molecule has 27 heavy (non-hydrogen) atoms. The van der Waals surface area contributed by atoms with E-state index in [1.165, 1.54) is 5.84 Å². The molecule has 0 radical (unpaired) electrons. The van der Waals surface area contributed by atoms with Crippen LogP contribution in [0.3, 0.4) is 0 Å². The van der Waals surface area contributed by atoms with E-state index >= 15 is 0 Å². The smallest absolute Gasteiger partial charge is 0.271 e. The Morgan fingerprint density at radius 1 is 1.00 bits per heavy atom. The molecule has 1 N–H and O–H groups in total. The van der Waals surface area contributed by atoms with Crippen molar-refractivity contribution in [1.29, 1.82) is 0 Å². The van der Waals surface area contributed by atoms with Gasteiger partial charge in [0.05, 0.1) is 6.54 Å². The van der Waals surface area contributed by atoms with E-state index in [-0.39, 0.29) is 0 Å². The van der Waals surface area contributed by atoms with Gasteiger partial charge in [0.2, 0.25) is 0 Å². The van der Waals surface area contributed by atoms with Gasteiger partial charge in [0.1, 0.15) is 18.9 Å². The Labute approximate surface area is 163 Å². The van der Waals surface area contributed by atoms with Gasteiger partial charge in [-0.15, -0.1) is 0 Å². The maximum Gasteiger partial charge on any atom is 0.271 e. The zero-order valence-electron chi connectivity index (χ0n) is 15.0. The lowest BCUT2D eigenvalue weighted by molar-refractivity contribution is -0.661. The van der Waals surface area contributed by atoms with Gasteiger partial charge in [-0.2, -0.15) is 0 Å². The highest BCUT2D eigenvalue weighted by Gasteiger charge is 2.52. The molecule has 0 bridgehead atoms. The van der Waals surface area contributed by atoms with Crippen LogP contribution in [0.25, 0.3) is 0 Å². The monoisotopic (exact) mass is 385 g/mol. The fourth-order valence-corrected chi connectivity index (χ4v) is 4.42. The number of hydrogen-bond donors (Lipinski definition) is 1. The topological polar surface area (TPSA) is 44.9 Å². The molecular formula is C21H22ClN2O3+. The standard InChI is InChI=1S/C21H22ClN2O3/c22-16-5-7-17(8-6-16)23-14-21(25,24-10-2-1-3-20(23)24)15-4-9-18-19(13-15)27-12-11-26-18/h4-9,13,25H,1-3,10-12,14H2/q+1/t21-/m0/s1. The van der Waals surface area contributed by atoms with Gasteiger partial charge < -0.3 is 14.6 Å². The van der Waals surface area contributed by atoms with Gasteiger partial charge in [-0.25, -0.2) is 9.48 Å². The third-order valence-corrected chi connectivity index (χ3v) is 5.88. The number of fused-ring (bicyclic) bond motifs is 1. The average molecular weight is 386 g/mol. The van der Waals surface area contributed by atoms with Gasteiger partial charge in [0, 0.05) is 17.0 Å². The highest BCUT2D eigenvalue weighted by atomic mass is 35.5. The fraction of sp³-hybridized carbons (Fsp3) is 0.381. The SMILES string of the molecule is O[C@]1(c2ccc3c(c2)OCCO3)CN(c2ccc(Cl)cc2)C2=[N+]1CCCC2. The Morgan fingerprint density at radius 3 is 2.59 bits per heavy atom. The highest BCUT2D eigenvalue weighted by molar-refractivity contribution is 6.30. The van der Waals surface area contributed by atoms with E-state index in [4.69, 9.17) is 21.1 Å². The minimum atomic E-state index is -1.09. The molecule has 3 aliphatic heterocycles. The van der Waals surface area contributed by atoms with Crippen molar-refractivity contribution in [2.75, 3.05) is 31.2 Å². The first-order valence-corrected chi connectivity index (χ1v) is 9.82. The van der Waals surface area contributed by atoms with Crippen LogP contribution in [0.5, 0.6) is 11.5 Å². The van der Waals surface area contributed by atoms with Crippen LogP contribution in [0, 0.1) is 0 Å². The first-order valence-electron chi connectivity index (χ1n) is 9.44. The van der Waals surface area contributed by atoms with Crippen molar-refractivity contribution in [3.63, 3.8) is 0 Å². The molecule has 2 aromatic carbocycles. The molecule has 0 saturated carbocycles. The minimum Gasteiger partial charge on any atom is -0.486 e. The number of halogens is 1. The van der Waals surface area contributed by atoms with Crippen molar-refractivity contribution in [2.24, 2.45) is 0 Å². The van der Waals surface area contributed by atoms with E-state index < -0.39 is 5.72 Å². The van der Waals surface area contributed by atoms with Gasteiger partial charge in [-0.3, -0.25) is 0 Å². The predicted octanol–water partition coefficient (Wildman–Crippen LogP) is 3.37. The Balaban J connectivity index is 1.57. The molecule has 5 nitrogen and oxygen atoms in total. The van der Waals surface area contributed by atoms with E-state index in [2.05, 4.69) is 9.48 Å². The second-order valence-electron chi connectivity index (χ2n) is 7.26. The summed E-state index contributed by atoms with van der Waals surface area (Å²) in [6.45, 7) is 2.41. The molecule has 2 aromatic rings. The highest BCUT2D eigenvalue weighted by Crippen LogP contribution is 2.39. The number of amidine groups is 1. The van der Waals surface area contributed by atoms with Gasteiger partial charge in [0.15, 0.2) is 18.0 Å². The van der Waals surface area contributed by atoms with Gasteiger partial charge in [0.25, 0.3) is 11.6 Å². The van der Waals surface area contributed by atoms with Gasteiger partial charge >= 0.3 is 0 Å². The molecule has 0 aromatic heterocycles. The molecule has 6 heteroatoms. The molecule has 1 atom stereocenters. The number of hydrogen-bond acceptors (Lipinski definition) is 4. The van der Waals surface area contributed by atoms with Gasteiger partial charge in [-0.05, 0) is 55.3 Å². The van der Waals surface area contributed by atoms with Crippen LogP contribution in [0.1, 0.15) is 24.8 Å². The zero-order chi connectivity index (χ0) is 18.4. The van der Waals surface area contributed by atoms with E-state index in [0.717, 1.165) is 42.8 Å². The predicted molar refractivity (Wildman–Crippen MR) is 104 cm³/mol. The molecule has 5 rings (SSSR count). The Morgan fingerprint density at radius 2 is 1.78 bits per heavy atom. The lowest BCUT2D eigenvalue weighted by Gasteiger charge is -2.26. The van der Waals surface area contributed by atoms with Crippen molar-refractivity contribution < 1.29 is 19.2 Å². The average Bonchev–Trinajstić information content (AvgIpc) is 3.03. The lowest BCUT2D eigenvalue weighted by Crippen LogP contribution is -2.41. The van der Waals surface area contributed by atoms with E-state index in [0.29, 0.717) is 30.5 Å². The summed E-state index contributed by atoms with van der Waals surface area (Å²) in [7, 11) is 0. The molecule has 0 spiro atoms. The third-order valence-electron chi connectivity index (χ3n) is 5.62. The summed E-state index contributed by atoms with van der Waals surface area (Å²) in [5.74, 6) is 2.61. The van der Waals surface area contributed by atoms with E-state index in [1.807, 2.05) is 42.5 Å². The number of anilines is 1. The van der Waals surface area contributed by atoms with Crippen LogP contribution >= 0.6 is 11.6 Å². The Kier molecular flexibility index (Phi) is 4.02. The van der Waals surface area contributed by atoms with Crippen LogP contribution in [0.2, 0.25) is 5.02 Å². The van der Waals surface area contributed by atoms with Crippen LogP contribution in [-0.4, -0.2) is 41.8 Å². The Bertz CT molecular complexity index is 912. The molecule has 0 fully saturated rings. The fourth-order valence-electron chi connectivity index (χ4n) is 4.29. The number of nitrogens with zero attached hydrogens (tertiary/aromatic N) is 2. The van der Waals surface area contributed by atoms with Crippen LogP contribution in [0.15, 0.2) is 42.5 Å². The maximum absolute atomic E-state index is 11.8. The number of β-amino-alcohol motifs (C(OH)–C–C–N with tert-alkyl or cyclic N) is 1. The summed E-state index contributed by atoms with van der Waals surface area (Å²) < 4.78 is 13.5. The van der Waals surface area contributed by atoms with Crippen molar-refractivity contribution >= 4 is 23.1 Å². The maximum atomic E-state index is 11.8. The molecule has 140 valence electrons. The summed E-state index contributed by atoms with van der Waals surface area (Å²) in [5.41, 5.74) is 0.794. The first-order chi connectivity index (χ1) is 13.1. The lowest BCUT2D eigenvalue weighted by atomic mass is 10.0. The number of rotatable bonds is 2. The van der Waals surface area contributed by atoms with Crippen LogP contribution < -0.4 is 14.4 Å². The summed E-state index contributed by atoms with van der Waals surface area (Å²) in [4.78, 5) is 2.21. The van der Waals surface area contributed by atoms with Crippen molar-refractivity contribution in [1.82, 2.24) is 0 Å². The van der Waals surface area contributed by atoms with E-state index in [1.54, 1.807) is 0 Å². The normalized spacial score (nSPS) is 24.1. The van der Waals surface area contributed by atoms with Crippen molar-refractivity contribution in [2.45, 2.75) is 25.0 Å². The van der Waals surface area contributed by atoms with Crippen molar-refractivity contribution in [3.05, 3.63) is 53.1 Å². The molecule has 3 aliphatic rings. The van der Waals surface area contributed by atoms with E-state index in [9.17, 15) is 5.11 Å².